The highest BCUT2D eigenvalue weighted by Gasteiger charge is 2.30. The Morgan fingerprint density at radius 1 is 0.903 bits per heavy atom. The number of piperidine rings is 2. The smallest absolute Gasteiger partial charge is 0.275 e. The first-order chi connectivity index (χ1) is 30.1. The molecule has 0 aliphatic carbocycles. The van der Waals surface area contributed by atoms with E-state index in [0.717, 1.165) is 35.2 Å². The highest BCUT2D eigenvalue weighted by Crippen LogP contribution is 2.25. The number of aromatic nitrogens is 6. The van der Waals surface area contributed by atoms with Gasteiger partial charge in [0.15, 0.2) is 11.6 Å². The quantitative estimate of drug-likeness (QED) is 0.119. The summed E-state index contributed by atoms with van der Waals surface area (Å²) in [6.45, 7) is 4.43. The molecule has 5 heterocycles. The monoisotopic (exact) mass is 832 g/mol. The molecule has 2 N–H and O–H groups in total. The maximum absolute atomic E-state index is 13.2. The number of ether oxygens (including phenoxy) is 1. The normalized spacial score (nSPS) is 15.5. The van der Waals surface area contributed by atoms with Crippen LogP contribution in [0.3, 0.4) is 0 Å². The van der Waals surface area contributed by atoms with Gasteiger partial charge in [0.1, 0.15) is 6.04 Å². The molecule has 0 bridgehead atoms. The maximum atomic E-state index is 13.2. The summed E-state index contributed by atoms with van der Waals surface area (Å²) in [5, 5.41) is 25.0. The zero-order valence-electron chi connectivity index (χ0n) is 34.1. The van der Waals surface area contributed by atoms with Crippen molar-refractivity contribution in [3.63, 3.8) is 0 Å². The van der Waals surface area contributed by atoms with Gasteiger partial charge in [-0.1, -0.05) is 30.3 Å². The van der Waals surface area contributed by atoms with Gasteiger partial charge in [-0.05, 0) is 86.6 Å². The first-order valence-electron chi connectivity index (χ1n) is 20.6. The Hall–Kier alpha value is -7.54. The fourth-order valence-electron chi connectivity index (χ4n) is 7.83. The number of hydrogen-bond donors (Lipinski definition) is 2. The zero-order chi connectivity index (χ0) is 43.2. The van der Waals surface area contributed by atoms with Crippen molar-refractivity contribution in [3.8, 4) is 34.5 Å². The van der Waals surface area contributed by atoms with Crippen LogP contribution in [0.2, 0.25) is 0 Å². The predicted octanol–water partition coefficient (Wildman–Crippen LogP) is 4.79. The third-order valence-corrected chi connectivity index (χ3v) is 11.3. The Morgan fingerprint density at radius 3 is 2.48 bits per heavy atom. The number of carbonyl (C=O) groups excluding carboxylic acids is 3. The van der Waals surface area contributed by atoms with Gasteiger partial charge in [0.25, 0.3) is 17.0 Å². The molecule has 3 amide bonds. The second kappa shape index (κ2) is 18.4. The molecule has 3 aromatic carbocycles. The van der Waals surface area contributed by atoms with E-state index in [1.165, 1.54) is 15.4 Å². The van der Waals surface area contributed by atoms with E-state index >= 15 is 0 Å². The molecule has 2 saturated heterocycles. The maximum Gasteiger partial charge on any atom is 0.275 e. The molecule has 3 aromatic heterocycles. The van der Waals surface area contributed by atoms with Crippen LogP contribution >= 0.6 is 0 Å². The van der Waals surface area contributed by atoms with E-state index in [4.69, 9.17) is 4.74 Å². The van der Waals surface area contributed by atoms with Crippen LogP contribution in [0.5, 0.6) is 5.75 Å². The van der Waals surface area contributed by atoms with Crippen LogP contribution in [-0.4, -0.2) is 78.4 Å². The van der Waals surface area contributed by atoms with Gasteiger partial charge in [-0.15, -0.1) is 0 Å². The van der Waals surface area contributed by atoms with E-state index in [1.807, 2.05) is 41.3 Å². The van der Waals surface area contributed by atoms with Crippen molar-refractivity contribution in [2.24, 2.45) is 5.92 Å². The summed E-state index contributed by atoms with van der Waals surface area (Å²) in [7, 11) is 0. The third-order valence-electron chi connectivity index (χ3n) is 11.3. The van der Waals surface area contributed by atoms with Crippen LogP contribution in [0.1, 0.15) is 61.4 Å². The Morgan fingerprint density at radius 2 is 1.69 bits per heavy atom. The number of nitriles is 1. The molecule has 0 saturated carbocycles. The second-order valence-corrected chi connectivity index (χ2v) is 15.6. The minimum atomic E-state index is -0.825. The number of imide groups is 1. The number of amides is 3. The average molecular weight is 833 g/mol. The van der Waals surface area contributed by atoms with E-state index in [2.05, 4.69) is 36.9 Å². The predicted molar refractivity (Wildman–Crippen MR) is 230 cm³/mol. The molecule has 1 atom stereocenters. The van der Waals surface area contributed by atoms with E-state index in [0.29, 0.717) is 84.3 Å². The molecule has 6 aromatic rings. The fraction of sp³-hybridized carbons (Fsp3) is 0.304. The Balaban J connectivity index is 0.771. The molecule has 16 heteroatoms. The summed E-state index contributed by atoms with van der Waals surface area (Å²) in [5.41, 5.74) is 4.28. The zero-order valence-corrected chi connectivity index (χ0v) is 34.1. The first-order valence-corrected chi connectivity index (χ1v) is 20.6. The molecule has 62 heavy (non-hydrogen) atoms. The Kier molecular flexibility index (Phi) is 12.2. The second-order valence-electron chi connectivity index (χ2n) is 15.6. The Bertz CT molecular complexity index is 2820. The SMILES string of the molecule is Cc1nn(C2CCC(=O)NC2=O)c(=O)c2ccc(NCCCC(=O)N3CCC(COc4cnc(-c5cccc(Cn6nc(-c7cccc(C#N)c7)ccc6=O)c5)nc4)CC3)cc12. The van der Waals surface area contributed by atoms with Crippen molar-refractivity contribution in [3.05, 3.63) is 129 Å². The molecule has 8 rings (SSSR count). The number of aryl methyl sites for hydroxylation is 1. The van der Waals surface area contributed by atoms with Crippen molar-refractivity contribution < 1.29 is 19.1 Å². The largest absolute Gasteiger partial charge is 0.490 e. The van der Waals surface area contributed by atoms with Gasteiger partial charge in [-0.25, -0.2) is 19.3 Å². The lowest BCUT2D eigenvalue weighted by molar-refractivity contribution is -0.136. The fourth-order valence-corrected chi connectivity index (χ4v) is 7.83. The van der Waals surface area contributed by atoms with Crippen molar-refractivity contribution in [1.82, 2.24) is 39.7 Å². The number of anilines is 1. The van der Waals surface area contributed by atoms with Crippen molar-refractivity contribution in [2.45, 2.75) is 58.0 Å². The lowest BCUT2D eigenvalue weighted by atomic mass is 9.97. The van der Waals surface area contributed by atoms with Gasteiger partial charge in [0, 0.05) is 60.7 Å². The lowest BCUT2D eigenvalue weighted by Gasteiger charge is -2.32. The highest BCUT2D eigenvalue weighted by atomic mass is 16.5. The van der Waals surface area contributed by atoms with Gasteiger partial charge in [0.05, 0.1) is 54.0 Å². The van der Waals surface area contributed by atoms with Crippen molar-refractivity contribution in [2.75, 3.05) is 31.6 Å². The summed E-state index contributed by atoms with van der Waals surface area (Å²) in [4.78, 5) is 73.9. The molecular weight excluding hydrogens is 789 g/mol. The van der Waals surface area contributed by atoms with Gasteiger partial charge in [-0.2, -0.15) is 15.5 Å². The summed E-state index contributed by atoms with van der Waals surface area (Å²) >= 11 is 0. The van der Waals surface area contributed by atoms with E-state index in [9.17, 15) is 29.2 Å². The minimum absolute atomic E-state index is 0.117. The van der Waals surface area contributed by atoms with Gasteiger partial charge >= 0.3 is 0 Å². The molecule has 16 nitrogen and oxygen atoms in total. The van der Waals surface area contributed by atoms with Crippen molar-refractivity contribution >= 4 is 34.2 Å². The van der Waals surface area contributed by atoms with Crippen LogP contribution in [0, 0.1) is 24.2 Å². The van der Waals surface area contributed by atoms with E-state index in [1.54, 1.807) is 55.7 Å². The van der Waals surface area contributed by atoms with Crippen LogP contribution in [0.4, 0.5) is 5.69 Å². The number of fused-ring (bicyclic) bond motifs is 1. The summed E-state index contributed by atoms with van der Waals surface area (Å²) < 4.78 is 8.64. The molecule has 0 radical (unpaired) electrons. The summed E-state index contributed by atoms with van der Waals surface area (Å²) in [6.07, 6.45) is 6.40. The number of rotatable bonds is 13. The summed E-state index contributed by atoms with van der Waals surface area (Å²) in [6, 6.07) is 24.5. The van der Waals surface area contributed by atoms with Gasteiger partial charge in [-0.3, -0.25) is 29.3 Å². The number of nitrogens with zero attached hydrogens (tertiary/aromatic N) is 8. The van der Waals surface area contributed by atoms with E-state index < -0.39 is 11.9 Å². The molecule has 2 aliphatic heterocycles. The molecule has 314 valence electrons. The number of hydrogen-bond acceptors (Lipinski definition) is 12. The summed E-state index contributed by atoms with van der Waals surface area (Å²) in [5.74, 6) is 0.620. The topological polar surface area (TPSA) is 207 Å². The first kappa shape index (κ1) is 41.2. The third kappa shape index (κ3) is 9.42. The average Bonchev–Trinajstić information content (AvgIpc) is 3.29. The molecule has 2 aliphatic rings. The molecule has 2 fully saturated rings. The molecule has 1 unspecified atom stereocenters. The number of benzene rings is 3. The number of carbonyl (C=O) groups is 3. The van der Waals surface area contributed by atoms with Crippen molar-refractivity contribution in [1.29, 1.82) is 5.26 Å². The highest BCUT2D eigenvalue weighted by molar-refractivity contribution is 5.99. The lowest BCUT2D eigenvalue weighted by Crippen LogP contribution is -2.45. The van der Waals surface area contributed by atoms with Gasteiger partial charge < -0.3 is 15.0 Å². The van der Waals surface area contributed by atoms with Crippen LogP contribution in [0.15, 0.2) is 101 Å². The Labute approximate surface area is 356 Å². The number of nitrogens with one attached hydrogen (secondary N) is 2. The standard InChI is InChI=1S/C46H44N10O6/c1-29-38-23-35(10-11-37(38)46(61)56(52-29)40-13-14-41(57)51-45(40)60)48-18-4-9-42(58)54-19-16-30(17-20-54)28-62-36-25-49-44(50-26-36)34-8-3-6-32(22-34)27-55-43(59)15-12-39(53-55)33-7-2-5-31(21-33)24-47/h2-3,5-8,10-12,15,21-23,25-26,30,40,48H,4,9,13-14,16-20,27-28H2,1H3,(H,51,57,60). The van der Waals surface area contributed by atoms with Crippen LogP contribution in [-0.2, 0) is 20.9 Å². The number of likely N-dealkylation sites (tertiary alicyclic amines) is 1. The molecule has 0 spiro atoms. The minimum Gasteiger partial charge on any atom is -0.490 e. The molecular formula is C46H44N10O6. The van der Waals surface area contributed by atoms with Crippen LogP contribution < -0.4 is 26.5 Å². The van der Waals surface area contributed by atoms with Crippen LogP contribution in [0.25, 0.3) is 33.4 Å². The van der Waals surface area contributed by atoms with E-state index in [-0.39, 0.29) is 42.3 Å². The van der Waals surface area contributed by atoms with Gasteiger partial charge in [0.2, 0.25) is 11.8 Å².